The lowest BCUT2D eigenvalue weighted by Crippen LogP contribution is -2.60. The molecule has 0 saturated carbocycles. The van der Waals surface area contributed by atoms with Gasteiger partial charge in [0.1, 0.15) is 17.5 Å². The predicted octanol–water partition coefficient (Wildman–Crippen LogP) is 1.64. The Bertz CT molecular complexity index is 853. The number of hydrogen-bond donors (Lipinski definition) is 1. The van der Waals surface area contributed by atoms with Crippen molar-refractivity contribution in [2.75, 3.05) is 19.6 Å². The first-order chi connectivity index (χ1) is 13.0. The van der Waals surface area contributed by atoms with Gasteiger partial charge in [-0.15, -0.1) is 0 Å². The summed E-state index contributed by atoms with van der Waals surface area (Å²) in [6.07, 6.45) is 0. The van der Waals surface area contributed by atoms with Crippen LogP contribution in [0, 0.1) is 0 Å². The summed E-state index contributed by atoms with van der Waals surface area (Å²) in [7, 11) is 0. The standard InChI is InChI=1S/C20H21N3O4/c1-14(24)22-10-11-23(18(13-22)19(21)25)20(26)15-6-5-9-17(12-15)27-16-7-3-2-4-8-16/h2-9,12,18H,10-11,13H2,1H3,(H2,21,25). The Morgan fingerprint density at radius 1 is 1.00 bits per heavy atom. The zero-order valence-electron chi connectivity index (χ0n) is 15.0. The number of carbonyl (C=O) groups excluding carboxylic acids is 3. The first-order valence-electron chi connectivity index (χ1n) is 8.64. The van der Waals surface area contributed by atoms with E-state index in [-0.39, 0.29) is 24.9 Å². The molecule has 0 aliphatic carbocycles. The Balaban J connectivity index is 1.79. The SMILES string of the molecule is CC(=O)N1CCN(C(=O)c2cccc(Oc3ccccc3)c2)C(C(N)=O)C1. The van der Waals surface area contributed by atoms with Gasteiger partial charge in [0.25, 0.3) is 5.91 Å². The van der Waals surface area contributed by atoms with Crippen molar-refractivity contribution >= 4 is 17.7 Å². The number of amides is 3. The van der Waals surface area contributed by atoms with Gasteiger partial charge in [-0.05, 0) is 30.3 Å². The maximum absolute atomic E-state index is 13.0. The molecule has 0 radical (unpaired) electrons. The minimum Gasteiger partial charge on any atom is -0.457 e. The molecule has 27 heavy (non-hydrogen) atoms. The van der Waals surface area contributed by atoms with Crippen LogP contribution < -0.4 is 10.5 Å². The molecule has 3 amide bonds. The second-order valence-electron chi connectivity index (χ2n) is 6.32. The van der Waals surface area contributed by atoms with Gasteiger partial charge < -0.3 is 20.3 Å². The van der Waals surface area contributed by atoms with Crippen LogP contribution >= 0.6 is 0 Å². The molecule has 2 aromatic rings. The second-order valence-corrected chi connectivity index (χ2v) is 6.32. The fraction of sp³-hybridized carbons (Fsp3) is 0.250. The Morgan fingerprint density at radius 2 is 1.70 bits per heavy atom. The van der Waals surface area contributed by atoms with Gasteiger partial charge in [0, 0.05) is 25.6 Å². The van der Waals surface area contributed by atoms with Crippen LogP contribution in [-0.4, -0.2) is 53.2 Å². The molecule has 0 spiro atoms. The first kappa shape index (κ1) is 18.4. The molecule has 0 aromatic heterocycles. The van der Waals surface area contributed by atoms with Crippen LogP contribution in [0.15, 0.2) is 54.6 Å². The molecule has 3 rings (SSSR count). The van der Waals surface area contributed by atoms with Crippen LogP contribution in [0.25, 0.3) is 0 Å². The summed E-state index contributed by atoms with van der Waals surface area (Å²) in [6, 6.07) is 15.1. The molecule has 7 nitrogen and oxygen atoms in total. The summed E-state index contributed by atoms with van der Waals surface area (Å²) in [6.45, 7) is 2.15. The Kier molecular flexibility index (Phi) is 5.40. The largest absolute Gasteiger partial charge is 0.457 e. The number of carbonyl (C=O) groups is 3. The minimum absolute atomic E-state index is 0.108. The zero-order valence-corrected chi connectivity index (χ0v) is 15.0. The van der Waals surface area contributed by atoms with Crippen LogP contribution in [0.3, 0.4) is 0 Å². The van der Waals surface area contributed by atoms with E-state index in [0.29, 0.717) is 23.6 Å². The van der Waals surface area contributed by atoms with Crippen molar-refractivity contribution in [2.24, 2.45) is 5.73 Å². The van der Waals surface area contributed by atoms with Crippen molar-refractivity contribution in [3.63, 3.8) is 0 Å². The van der Waals surface area contributed by atoms with Crippen LogP contribution in [-0.2, 0) is 9.59 Å². The average molecular weight is 367 g/mol. The molecular formula is C20H21N3O4. The molecule has 1 aliphatic rings. The summed E-state index contributed by atoms with van der Waals surface area (Å²) in [5.41, 5.74) is 5.87. The second kappa shape index (κ2) is 7.90. The van der Waals surface area contributed by atoms with Crippen molar-refractivity contribution < 1.29 is 19.1 Å². The summed E-state index contributed by atoms with van der Waals surface area (Å²) >= 11 is 0. The van der Waals surface area contributed by atoms with E-state index in [1.807, 2.05) is 30.3 Å². The van der Waals surface area contributed by atoms with Crippen LogP contribution in [0.5, 0.6) is 11.5 Å². The van der Waals surface area contributed by atoms with E-state index in [1.165, 1.54) is 16.7 Å². The molecule has 1 atom stereocenters. The smallest absolute Gasteiger partial charge is 0.254 e. The number of rotatable bonds is 4. The van der Waals surface area contributed by atoms with Crippen molar-refractivity contribution in [3.8, 4) is 11.5 Å². The van der Waals surface area contributed by atoms with Gasteiger partial charge in [0.15, 0.2) is 0 Å². The van der Waals surface area contributed by atoms with Crippen LogP contribution in [0.4, 0.5) is 0 Å². The van der Waals surface area contributed by atoms with Crippen molar-refractivity contribution in [1.29, 1.82) is 0 Å². The topological polar surface area (TPSA) is 92.9 Å². The van der Waals surface area contributed by atoms with Crippen molar-refractivity contribution in [3.05, 3.63) is 60.2 Å². The molecule has 2 N–H and O–H groups in total. The number of ether oxygens (including phenoxy) is 1. The summed E-state index contributed by atoms with van der Waals surface area (Å²) in [4.78, 5) is 39.3. The Labute approximate surface area is 157 Å². The van der Waals surface area contributed by atoms with E-state index in [1.54, 1.807) is 24.3 Å². The highest BCUT2D eigenvalue weighted by atomic mass is 16.5. The minimum atomic E-state index is -0.853. The van der Waals surface area contributed by atoms with E-state index in [0.717, 1.165) is 0 Å². The third-order valence-electron chi connectivity index (χ3n) is 4.47. The molecule has 0 bridgehead atoms. The fourth-order valence-electron chi connectivity index (χ4n) is 3.04. The molecule has 1 aliphatic heterocycles. The monoisotopic (exact) mass is 367 g/mol. The number of primary amides is 1. The number of nitrogens with zero attached hydrogens (tertiary/aromatic N) is 2. The Hall–Kier alpha value is -3.35. The number of piperazine rings is 1. The molecule has 1 fully saturated rings. The van der Waals surface area contributed by atoms with Gasteiger partial charge in [-0.2, -0.15) is 0 Å². The zero-order chi connectivity index (χ0) is 19.4. The highest BCUT2D eigenvalue weighted by Crippen LogP contribution is 2.23. The number of benzene rings is 2. The summed E-state index contributed by atoms with van der Waals surface area (Å²) in [5.74, 6) is 0.0790. The number of hydrogen-bond acceptors (Lipinski definition) is 4. The van der Waals surface area contributed by atoms with E-state index in [9.17, 15) is 14.4 Å². The first-order valence-corrected chi connectivity index (χ1v) is 8.64. The molecule has 140 valence electrons. The average Bonchev–Trinajstić information content (AvgIpc) is 2.68. The third kappa shape index (κ3) is 4.25. The molecular weight excluding hydrogens is 346 g/mol. The molecule has 7 heteroatoms. The quantitative estimate of drug-likeness (QED) is 0.889. The van der Waals surface area contributed by atoms with Gasteiger partial charge in [0.05, 0.1) is 6.54 Å². The number of nitrogens with two attached hydrogens (primary N) is 1. The summed E-state index contributed by atoms with van der Waals surface area (Å²) < 4.78 is 5.76. The van der Waals surface area contributed by atoms with E-state index >= 15 is 0 Å². The molecule has 1 unspecified atom stereocenters. The molecule has 1 saturated heterocycles. The van der Waals surface area contributed by atoms with E-state index in [2.05, 4.69) is 0 Å². The van der Waals surface area contributed by atoms with Crippen molar-refractivity contribution in [1.82, 2.24) is 9.80 Å². The van der Waals surface area contributed by atoms with Gasteiger partial charge in [0.2, 0.25) is 11.8 Å². The molecule has 1 heterocycles. The summed E-state index contributed by atoms with van der Waals surface area (Å²) in [5, 5.41) is 0. The van der Waals surface area contributed by atoms with E-state index in [4.69, 9.17) is 10.5 Å². The lowest BCUT2D eigenvalue weighted by Gasteiger charge is -2.39. The highest BCUT2D eigenvalue weighted by molar-refractivity contribution is 5.98. The van der Waals surface area contributed by atoms with Crippen LogP contribution in [0.1, 0.15) is 17.3 Å². The van der Waals surface area contributed by atoms with E-state index < -0.39 is 11.9 Å². The maximum atomic E-state index is 13.0. The predicted molar refractivity (Wildman–Crippen MR) is 99.2 cm³/mol. The van der Waals surface area contributed by atoms with Crippen molar-refractivity contribution in [2.45, 2.75) is 13.0 Å². The van der Waals surface area contributed by atoms with Gasteiger partial charge in [-0.1, -0.05) is 24.3 Å². The molecule has 2 aromatic carbocycles. The van der Waals surface area contributed by atoms with Crippen LogP contribution in [0.2, 0.25) is 0 Å². The third-order valence-corrected chi connectivity index (χ3v) is 4.47. The Morgan fingerprint density at radius 3 is 2.37 bits per heavy atom. The van der Waals surface area contributed by atoms with Gasteiger partial charge in [-0.3, -0.25) is 14.4 Å². The fourth-order valence-corrected chi connectivity index (χ4v) is 3.04. The maximum Gasteiger partial charge on any atom is 0.254 e. The lowest BCUT2D eigenvalue weighted by atomic mass is 10.1. The number of para-hydroxylation sites is 1. The highest BCUT2D eigenvalue weighted by Gasteiger charge is 2.35. The van der Waals surface area contributed by atoms with Gasteiger partial charge in [-0.25, -0.2) is 0 Å². The normalized spacial score (nSPS) is 16.7. The lowest BCUT2D eigenvalue weighted by molar-refractivity contribution is -0.134. The van der Waals surface area contributed by atoms with Gasteiger partial charge >= 0.3 is 0 Å².